The Morgan fingerprint density at radius 2 is 1.86 bits per heavy atom. The molecule has 0 spiro atoms. The van der Waals surface area contributed by atoms with Crippen LogP contribution in [0.5, 0.6) is 11.5 Å². The van der Waals surface area contributed by atoms with Gasteiger partial charge in [0.05, 0.1) is 0 Å². The molecule has 0 bridgehead atoms. The van der Waals surface area contributed by atoms with Crippen molar-refractivity contribution in [3.05, 3.63) is 36.4 Å². The molecule has 0 aliphatic heterocycles. The molecule has 0 fully saturated rings. The molecule has 0 unspecified atom stereocenters. The van der Waals surface area contributed by atoms with Gasteiger partial charge in [-0.25, -0.2) is 0 Å². The summed E-state index contributed by atoms with van der Waals surface area (Å²) in [5.41, 5.74) is 0. The van der Waals surface area contributed by atoms with Gasteiger partial charge in [0.25, 0.3) is 0 Å². The van der Waals surface area contributed by atoms with Crippen LogP contribution in [-0.2, 0) is 0 Å². The molecular weight excluding hydrogens is 179 g/mol. The summed E-state index contributed by atoms with van der Waals surface area (Å²) in [5.74, 6) is 0.277. The highest BCUT2D eigenvalue weighted by atomic mass is 16.5. The molecule has 0 saturated heterocycles. The molecule has 3 nitrogen and oxygen atoms in total. The van der Waals surface area contributed by atoms with E-state index in [2.05, 4.69) is 0 Å². The summed E-state index contributed by atoms with van der Waals surface area (Å²) in [6.45, 7) is 0. The van der Waals surface area contributed by atoms with Gasteiger partial charge in [-0.05, 0) is 11.5 Å². The van der Waals surface area contributed by atoms with E-state index < -0.39 is 0 Å². The van der Waals surface area contributed by atoms with Crippen molar-refractivity contribution >= 4 is 18.5 Å². The lowest BCUT2D eigenvalue weighted by atomic mass is 10.1. The standard InChI is InChI=1S/C10H8BO3/c12-10-8-4-2-1-3-7(8)5-6-9(10)14-11-13/h1-6,12-13H. The second-order valence-corrected chi connectivity index (χ2v) is 2.86. The predicted molar refractivity (Wildman–Crippen MR) is 54.2 cm³/mol. The van der Waals surface area contributed by atoms with Crippen molar-refractivity contribution in [1.29, 1.82) is 0 Å². The topological polar surface area (TPSA) is 49.7 Å². The van der Waals surface area contributed by atoms with Gasteiger partial charge in [-0.2, -0.15) is 0 Å². The minimum absolute atomic E-state index is 0.0356. The Morgan fingerprint density at radius 1 is 1.07 bits per heavy atom. The lowest BCUT2D eigenvalue weighted by Crippen LogP contribution is -1.99. The summed E-state index contributed by atoms with van der Waals surface area (Å²) in [5, 5.41) is 19.8. The number of benzene rings is 2. The van der Waals surface area contributed by atoms with E-state index in [1.165, 1.54) is 0 Å². The highest BCUT2D eigenvalue weighted by Crippen LogP contribution is 2.33. The largest absolute Gasteiger partial charge is 0.569 e. The molecule has 1 radical (unpaired) electrons. The zero-order chi connectivity index (χ0) is 9.97. The molecule has 2 aromatic rings. The van der Waals surface area contributed by atoms with Gasteiger partial charge in [-0.3, -0.25) is 0 Å². The minimum Gasteiger partial charge on any atom is -0.535 e. The van der Waals surface area contributed by atoms with E-state index in [0.717, 1.165) is 5.39 Å². The Bertz CT molecular complexity index is 456. The van der Waals surface area contributed by atoms with Gasteiger partial charge < -0.3 is 14.8 Å². The second-order valence-electron chi connectivity index (χ2n) is 2.86. The van der Waals surface area contributed by atoms with E-state index in [0.29, 0.717) is 13.1 Å². The Kier molecular flexibility index (Phi) is 2.29. The average molecular weight is 187 g/mol. The molecule has 4 heteroatoms. The van der Waals surface area contributed by atoms with Crippen LogP contribution in [0.15, 0.2) is 36.4 Å². The maximum atomic E-state index is 9.72. The normalized spacial score (nSPS) is 10.1. The molecule has 0 aromatic heterocycles. The minimum atomic E-state index is 0.0356. The molecule has 2 N–H and O–H groups in total. The molecule has 2 aromatic carbocycles. The van der Waals surface area contributed by atoms with E-state index in [9.17, 15) is 5.11 Å². The Morgan fingerprint density at radius 3 is 2.64 bits per heavy atom. The summed E-state index contributed by atoms with van der Waals surface area (Å²) in [6.07, 6.45) is 0. The Balaban J connectivity index is 2.63. The molecule has 0 saturated carbocycles. The van der Waals surface area contributed by atoms with E-state index >= 15 is 0 Å². The zero-order valence-corrected chi connectivity index (χ0v) is 7.34. The SMILES string of the molecule is O[B]Oc1ccc2ccccc2c1O. The number of phenolic OH excluding ortho intramolecular Hbond substituents is 1. The third kappa shape index (κ3) is 1.40. The molecule has 14 heavy (non-hydrogen) atoms. The van der Waals surface area contributed by atoms with Gasteiger partial charge in [0, 0.05) is 5.39 Å². The van der Waals surface area contributed by atoms with Crippen molar-refractivity contribution in [2.75, 3.05) is 0 Å². The molecule has 69 valence electrons. The predicted octanol–water partition coefficient (Wildman–Crippen LogP) is 1.45. The fraction of sp³-hybridized carbons (Fsp3) is 0. The van der Waals surface area contributed by atoms with Crippen LogP contribution >= 0.6 is 0 Å². The smallest absolute Gasteiger partial charge is 0.535 e. The van der Waals surface area contributed by atoms with Crippen LogP contribution in [-0.4, -0.2) is 17.8 Å². The van der Waals surface area contributed by atoms with Gasteiger partial charge >= 0.3 is 7.69 Å². The average Bonchev–Trinajstić information content (AvgIpc) is 2.23. The lowest BCUT2D eigenvalue weighted by Gasteiger charge is -2.07. The van der Waals surface area contributed by atoms with Gasteiger partial charge in [-0.15, -0.1) is 0 Å². The van der Waals surface area contributed by atoms with E-state index in [1.54, 1.807) is 12.1 Å². The molecule has 0 heterocycles. The van der Waals surface area contributed by atoms with Crippen LogP contribution in [0, 0.1) is 0 Å². The summed E-state index contributed by atoms with van der Waals surface area (Å²) < 4.78 is 4.73. The van der Waals surface area contributed by atoms with Crippen LogP contribution in [0.25, 0.3) is 10.8 Å². The first kappa shape index (κ1) is 8.90. The molecule has 0 aliphatic carbocycles. The van der Waals surface area contributed by atoms with E-state index in [4.69, 9.17) is 9.68 Å². The maximum absolute atomic E-state index is 9.72. The van der Waals surface area contributed by atoms with Gasteiger partial charge in [0.1, 0.15) is 5.75 Å². The molecule has 0 atom stereocenters. The van der Waals surface area contributed by atoms with Gasteiger partial charge in [0.2, 0.25) is 0 Å². The van der Waals surface area contributed by atoms with Crippen LogP contribution in [0.1, 0.15) is 0 Å². The summed E-state index contributed by atoms with van der Waals surface area (Å²) in [6, 6.07) is 10.8. The maximum Gasteiger partial charge on any atom is 0.569 e. The van der Waals surface area contributed by atoms with Crippen LogP contribution in [0.4, 0.5) is 0 Å². The van der Waals surface area contributed by atoms with Crippen molar-refractivity contribution in [2.24, 2.45) is 0 Å². The Hall–Kier alpha value is -1.68. The highest BCUT2D eigenvalue weighted by Gasteiger charge is 2.06. The van der Waals surface area contributed by atoms with Crippen molar-refractivity contribution in [1.82, 2.24) is 0 Å². The first-order valence-corrected chi connectivity index (χ1v) is 4.16. The number of hydrogen-bond donors (Lipinski definition) is 2. The number of hydrogen-bond acceptors (Lipinski definition) is 3. The third-order valence-corrected chi connectivity index (χ3v) is 2.04. The van der Waals surface area contributed by atoms with Crippen LogP contribution < -0.4 is 4.65 Å². The first-order valence-electron chi connectivity index (χ1n) is 4.16. The lowest BCUT2D eigenvalue weighted by molar-refractivity contribution is 0.414. The van der Waals surface area contributed by atoms with Crippen molar-refractivity contribution in [2.45, 2.75) is 0 Å². The van der Waals surface area contributed by atoms with Gasteiger partial charge in [-0.1, -0.05) is 30.3 Å². The van der Waals surface area contributed by atoms with Crippen molar-refractivity contribution in [3.63, 3.8) is 0 Å². The summed E-state index contributed by atoms with van der Waals surface area (Å²) in [7, 11) is 0.545. The number of phenols is 1. The first-order chi connectivity index (χ1) is 6.83. The summed E-state index contributed by atoms with van der Waals surface area (Å²) in [4.78, 5) is 0. The number of rotatable bonds is 2. The van der Waals surface area contributed by atoms with E-state index in [-0.39, 0.29) is 11.5 Å². The van der Waals surface area contributed by atoms with Crippen molar-refractivity contribution < 1.29 is 14.8 Å². The van der Waals surface area contributed by atoms with Crippen LogP contribution in [0.2, 0.25) is 0 Å². The van der Waals surface area contributed by atoms with E-state index in [1.807, 2.05) is 24.3 Å². The Labute approximate surface area is 81.9 Å². The third-order valence-electron chi connectivity index (χ3n) is 2.04. The quantitative estimate of drug-likeness (QED) is 0.699. The van der Waals surface area contributed by atoms with Crippen LogP contribution in [0.3, 0.4) is 0 Å². The number of aromatic hydroxyl groups is 1. The molecule has 2 rings (SSSR count). The zero-order valence-electron chi connectivity index (χ0n) is 7.34. The molecule has 0 amide bonds. The second kappa shape index (κ2) is 3.60. The fourth-order valence-corrected chi connectivity index (χ4v) is 1.39. The highest BCUT2D eigenvalue weighted by molar-refractivity contribution is 6.17. The number of fused-ring (bicyclic) bond motifs is 1. The van der Waals surface area contributed by atoms with Crippen molar-refractivity contribution in [3.8, 4) is 11.5 Å². The summed E-state index contributed by atoms with van der Waals surface area (Å²) >= 11 is 0. The monoisotopic (exact) mass is 187 g/mol. The van der Waals surface area contributed by atoms with Gasteiger partial charge in [0.15, 0.2) is 5.75 Å². The molecule has 0 aliphatic rings. The molecular formula is C10H8BO3. The fourth-order valence-electron chi connectivity index (χ4n) is 1.39.